The molecule has 10 heavy (non-hydrogen) atoms. The van der Waals surface area contributed by atoms with E-state index in [2.05, 4.69) is 13.8 Å². The van der Waals surface area contributed by atoms with Crippen LogP contribution in [0.5, 0.6) is 0 Å². The minimum Gasteiger partial charge on any atom is -0.294 e. The third-order valence-corrected chi connectivity index (χ3v) is 2.81. The fraction of sp³-hybridized carbons (Fsp3) is 0.667. The first-order valence-corrected chi connectivity index (χ1v) is 3.77. The molecule has 0 unspecified atom stereocenters. The lowest BCUT2D eigenvalue weighted by atomic mass is 9.95. The van der Waals surface area contributed by atoms with Crippen molar-refractivity contribution in [1.29, 1.82) is 0 Å². The number of carbonyl (C=O) groups excluding carboxylic acids is 1. The maximum atomic E-state index is 11.3. The van der Waals surface area contributed by atoms with Crippen molar-refractivity contribution in [1.82, 2.24) is 0 Å². The zero-order valence-corrected chi connectivity index (χ0v) is 7.06. The Morgan fingerprint density at radius 1 is 1.10 bits per heavy atom. The summed E-state index contributed by atoms with van der Waals surface area (Å²) in [6.45, 7) is 8.11. The van der Waals surface area contributed by atoms with Gasteiger partial charge in [0.05, 0.1) is 0 Å². The molecule has 0 aliphatic heterocycles. The fourth-order valence-corrected chi connectivity index (χ4v) is 1.48. The normalized spacial score (nSPS) is 33.8. The summed E-state index contributed by atoms with van der Waals surface area (Å²) in [6, 6.07) is 0. The average Bonchev–Trinajstić information content (AvgIpc) is 2.07. The SMILES string of the molecule is CC1=C(C)[C@H](C)[C@@H](C)C1=O. The number of allylic oxidation sites excluding steroid dienone is 2. The van der Waals surface area contributed by atoms with Crippen molar-refractivity contribution in [2.45, 2.75) is 27.7 Å². The highest BCUT2D eigenvalue weighted by Crippen LogP contribution is 2.32. The van der Waals surface area contributed by atoms with Gasteiger partial charge < -0.3 is 0 Å². The van der Waals surface area contributed by atoms with Crippen molar-refractivity contribution < 1.29 is 4.79 Å². The molecule has 0 aromatic rings. The summed E-state index contributed by atoms with van der Waals surface area (Å²) < 4.78 is 0. The van der Waals surface area contributed by atoms with E-state index in [4.69, 9.17) is 0 Å². The molecular weight excluding hydrogens is 124 g/mol. The van der Waals surface area contributed by atoms with E-state index < -0.39 is 0 Å². The molecule has 0 N–H and O–H groups in total. The lowest BCUT2D eigenvalue weighted by Crippen LogP contribution is -2.10. The molecule has 1 nitrogen and oxygen atoms in total. The molecule has 0 fully saturated rings. The quantitative estimate of drug-likeness (QED) is 0.501. The zero-order chi connectivity index (χ0) is 7.89. The molecule has 0 saturated carbocycles. The van der Waals surface area contributed by atoms with Crippen LogP contribution < -0.4 is 0 Å². The van der Waals surface area contributed by atoms with Gasteiger partial charge in [-0.2, -0.15) is 0 Å². The maximum Gasteiger partial charge on any atom is 0.161 e. The molecule has 0 amide bonds. The molecule has 1 rings (SSSR count). The lowest BCUT2D eigenvalue weighted by Gasteiger charge is -2.08. The van der Waals surface area contributed by atoms with Gasteiger partial charge >= 0.3 is 0 Å². The molecule has 1 aliphatic rings. The van der Waals surface area contributed by atoms with Gasteiger partial charge in [0.15, 0.2) is 5.78 Å². The largest absolute Gasteiger partial charge is 0.294 e. The Morgan fingerprint density at radius 2 is 1.60 bits per heavy atom. The molecule has 0 heterocycles. The minimum atomic E-state index is 0.222. The summed E-state index contributed by atoms with van der Waals surface area (Å²) in [5.74, 6) is 1.03. The first-order valence-electron chi connectivity index (χ1n) is 3.77. The third-order valence-electron chi connectivity index (χ3n) is 2.81. The zero-order valence-electron chi connectivity index (χ0n) is 7.06. The average molecular weight is 138 g/mol. The van der Waals surface area contributed by atoms with Crippen molar-refractivity contribution in [3.63, 3.8) is 0 Å². The summed E-state index contributed by atoms with van der Waals surface area (Å²) in [5, 5.41) is 0. The summed E-state index contributed by atoms with van der Waals surface area (Å²) in [4.78, 5) is 11.3. The van der Waals surface area contributed by atoms with Crippen molar-refractivity contribution in [2.24, 2.45) is 11.8 Å². The predicted molar refractivity (Wildman–Crippen MR) is 41.7 cm³/mol. The number of hydrogen-bond donors (Lipinski definition) is 0. The number of rotatable bonds is 0. The van der Waals surface area contributed by atoms with Crippen LogP contribution in [0.1, 0.15) is 27.7 Å². The second kappa shape index (κ2) is 2.22. The van der Waals surface area contributed by atoms with Crippen LogP contribution in [0, 0.1) is 11.8 Å². The summed E-state index contributed by atoms with van der Waals surface area (Å²) >= 11 is 0. The summed E-state index contributed by atoms with van der Waals surface area (Å²) in [7, 11) is 0. The van der Waals surface area contributed by atoms with Crippen molar-refractivity contribution in [3.05, 3.63) is 11.1 Å². The molecule has 1 aliphatic carbocycles. The van der Waals surface area contributed by atoms with E-state index in [1.54, 1.807) is 0 Å². The first kappa shape index (κ1) is 7.52. The fourth-order valence-electron chi connectivity index (χ4n) is 1.48. The van der Waals surface area contributed by atoms with Gasteiger partial charge in [0.2, 0.25) is 0 Å². The third kappa shape index (κ3) is 0.808. The number of hydrogen-bond acceptors (Lipinski definition) is 1. The van der Waals surface area contributed by atoms with Gasteiger partial charge in [-0.05, 0) is 25.3 Å². The van der Waals surface area contributed by atoms with Gasteiger partial charge in [-0.25, -0.2) is 0 Å². The van der Waals surface area contributed by atoms with Crippen LogP contribution >= 0.6 is 0 Å². The molecule has 2 atom stereocenters. The van der Waals surface area contributed by atoms with Crippen LogP contribution in [-0.2, 0) is 4.79 Å². The van der Waals surface area contributed by atoms with Gasteiger partial charge in [-0.1, -0.05) is 19.4 Å². The summed E-state index contributed by atoms with van der Waals surface area (Å²) in [6.07, 6.45) is 0. The van der Waals surface area contributed by atoms with E-state index in [9.17, 15) is 4.79 Å². The van der Waals surface area contributed by atoms with Crippen LogP contribution in [0.2, 0.25) is 0 Å². The monoisotopic (exact) mass is 138 g/mol. The van der Waals surface area contributed by atoms with Crippen LogP contribution in [0.15, 0.2) is 11.1 Å². The topological polar surface area (TPSA) is 17.1 Å². The highest BCUT2D eigenvalue weighted by molar-refractivity contribution is 6.00. The first-order chi connectivity index (χ1) is 4.55. The Hall–Kier alpha value is -0.590. The van der Waals surface area contributed by atoms with E-state index in [0.29, 0.717) is 11.7 Å². The van der Waals surface area contributed by atoms with E-state index in [1.165, 1.54) is 5.57 Å². The van der Waals surface area contributed by atoms with Gasteiger partial charge in [-0.3, -0.25) is 4.79 Å². The second-order valence-electron chi connectivity index (χ2n) is 3.25. The molecule has 0 aromatic carbocycles. The molecule has 0 aromatic heterocycles. The molecule has 0 spiro atoms. The van der Waals surface area contributed by atoms with Gasteiger partial charge in [0.1, 0.15) is 0 Å². The number of Topliss-reactive ketones (excluding diaryl/α,β-unsaturated/α-hetero) is 1. The van der Waals surface area contributed by atoms with Gasteiger partial charge in [0.25, 0.3) is 0 Å². The van der Waals surface area contributed by atoms with E-state index in [1.807, 2.05) is 13.8 Å². The Morgan fingerprint density at radius 3 is 1.70 bits per heavy atom. The molecule has 0 radical (unpaired) electrons. The standard InChI is InChI=1S/C9H14O/c1-5-6(2)8(4)9(10)7(5)3/h5,7H,1-4H3/t5-,7+/m0/s1. The van der Waals surface area contributed by atoms with E-state index in [-0.39, 0.29) is 5.92 Å². The molecule has 0 saturated heterocycles. The lowest BCUT2D eigenvalue weighted by molar-refractivity contribution is -0.118. The van der Waals surface area contributed by atoms with Gasteiger partial charge in [0, 0.05) is 5.92 Å². The van der Waals surface area contributed by atoms with E-state index >= 15 is 0 Å². The summed E-state index contributed by atoms with van der Waals surface area (Å²) in [5.41, 5.74) is 2.26. The number of carbonyl (C=O) groups is 1. The van der Waals surface area contributed by atoms with Crippen LogP contribution in [0.4, 0.5) is 0 Å². The highest BCUT2D eigenvalue weighted by atomic mass is 16.1. The van der Waals surface area contributed by atoms with Crippen molar-refractivity contribution in [2.75, 3.05) is 0 Å². The van der Waals surface area contributed by atoms with Gasteiger partial charge in [-0.15, -0.1) is 0 Å². The molecular formula is C9H14O. The Kier molecular flexibility index (Phi) is 1.67. The molecule has 1 heteroatoms. The van der Waals surface area contributed by atoms with E-state index in [0.717, 1.165) is 5.57 Å². The van der Waals surface area contributed by atoms with Crippen molar-refractivity contribution in [3.8, 4) is 0 Å². The Balaban J connectivity index is 2.99. The smallest absolute Gasteiger partial charge is 0.161 e. The highest BCUT2D eigenvalue weighted by Gasteiger charge is 2.30. The van der Waals surface area contributed by atoms with Crippen LogP contribution in [0.3, 0.4) is 0 Å². The molecule has 0 bridgehead atoms. The predicted octanol–water partition coefficient (Wildman–Crippen LogP) is 2.18. The van der Waals surface area contributed by atoms with Crippen LogP contribution in [-0.4, -0.2) is 5.78 Å². The molecule has 56 valence electrons. The maximum absolute atomic E-state index is 11.3. The Labute approximate surface area is 62.1 Å². The second-order valence-corrected chi connectivity index (χ2v) is 3.25. The van der Waals surface area contributed by atoms with Crippen LogP contribution in [0.25, 0.3) is 0 Å². The Bertz CT molecular complexity index is 201. The van der Waals surface area contributed by atoms with Crippen molar-refractivity contribution >= 4 is 5.78 Å². The number of ketones is 1. The minimum absolute atomic E-state index is 0.222.